The van der Waals surface area contributed by atoms with Crippen LogP contribution >= 0.6 is 11.6 Å². The molecule has 0 saturated heterocycles. The molecule has 3 heteroatoms. The van der Waals surface area contributed by atoms with Gasteiger partial charge in [-0.1, -0.05) is 17.7 Å². The summed E-state index contributed by atoms with van der Waals surface area (Å²) in [5.41, 5.74) is 0.622. The van der Waals surface area contributed by atoms with E-state index in [9.17, 15) is 4.39 Å². The van der Waals surface area contributed by atoms with Gasteiger partial charge in [0.15, 0.2) is 0 Å². The fourth-order valence-corrected chi connectivity index (χ4v) is 4.75. The quantitative estimate of drug-likeness (QED) is 0.880. The van der Waals surface area contributed by atoms with Crippen molar-refractivity contribution in [3.05, 3.63) is 34.6 Å². The molecule has 0 heterocycles. The third-order valence-electron chi connectivity index (χ3n) is 5.31. The molecule has 4 rings (SSSR count). The minimum absolute atomic E-state index is 0.191. The maximum atomic E-state index is 13.7. The van der Waals surface area contributed by atoms with Gasteiger partial charge in [0.25, 0.3) is 0 Å². The first kappa shape index (κ1) is 11.2. The molecule has 4 atom stereocenters. The largest absolute Gasteiger partial charge is 0.309 e. The number of rotatable bonds is 3. The average molecular weight is 266 g/mol. The Bertz CT molecular complexity index is 453. The molecule has 3 aliphatic rings. The predicted molar refractivity (Wildman–Crippen MR) is 69.8 cm³/mol. The molecule has 0 spiro atoms. The van der Waals surface area contributed by atoms with E-state index in [1.165, 1.54) is 25.3 Å². The van der Waals surface area contributed by atoms with Gasteiger partial charge in [-0.15, -0.1) is 0 Å². The van der Waals surface area contributed by atoms with Crippen LogP contribution in [0, 0.1) is 29.5 Å². The Morgan fingerprint density at radius 3 is 2.61 bits per heavy atom. The molecule has 0 aromatic heterocycles. The Hall–Kier alpha value is -0.600. The smallest absolute Gasteiger partial charge is 0.129 e. The minimum atomic E-state index is -0.191. The highest BCUT2D eigenvalue weighted by atomic mass is 35.5. The summed E-state index contributed by atoms with van der Waals surface area (Å²) in [5.74, 6) is 3.48. The van der Waals surface area contributed by atoms with E-state index in [1.807, 2.05) is 0 Å². The molecular weight excluding hydrogens is 249 g/mol. The Labute approximate surface area is 112 Å². The van der Waals surface area contributed by atoms with Crippen LogP contribution in [0.5, 0.6) is 0 Å². The van der Waals surface area contributed by atoms with Gasteiger partial charge < -0.3 is 5.32 Å². The third kappa shape index (κ3) is 1.55. The van der Waals surface area contributed by atoms with E-state index in [4.69, 9.17) is 11.6 Å². The lowest BCUT2D eigenvalue weighted by Gasteiger charge is -2.11. The zero-order chi connectivity index (χ0) is 12.3. The highest BCUT2D eigenvalue weighted by Gasteiger charge is 2.64. The van der Waals surface area contributed by atoms with Crippen molar-refractivity contribution in [1.82, 2.24) is 5.32 Å². The second kappa shape index (κ2) is 3.94. The monoisotopic (exact) mass is 265 g/mol. The van der Waals surface area contributed by atoms with Gasteiger partial charge in [-0.3, -0.25) is 0 Å². The molecule has 3 aliphatic carbocycles. The van der Waals surface area contributed by atoms with Crippen LogP contribution < -0.4 is 5.32 Å². The molecule has 1 aromatic rings. The normalized spacial score (nSPS) is 40.0. The maximum Gasteiger partial charge on any atom is 0.129 e. The number of hydrogen-bond donors (Lipinski definition) is 1. The standard InChI is InChI=1S/C15H17ClFN/c16-11-2-1-3-12(17)10(11)7-18-15-13-8-4-5-9(6-8)14(13)15/h1-3,8-9,13-15,18H,4-7H2. The summed E-state index contributed by atoms with van der Waals surface area (Å²) < 4.78 is 13.7. The molecule has 0 amide bonds. The van der Waals surface area contributed by atoms with Crippen LogP contribution in [0.15, 0.2) is 18.2 Å². The Morgan fingerprint density at radius 2 is 1.94 bits per heavy atom. The summed E-state index contributed by atoms with van der Waals surface area (Å²) >= 11 is 6.04. The Morgan fingerprint density at radius 1 is 1.22 bits per heavy atom. The predicted octanol–water partition coefficient (Wildman–Crippen LogP) is 3.61. The van der Waals surface area contributed by atoms with Crippen LogP contribution in [0.25, 0.3) is 0 Å². The van der Waals surface area contributed by atoms with Gasteiger partial charge in [-0.25, -0.2) is 4.39 Å². The second-order valence-electron chi connectivity index (χ2n) is 6.09. The van der Waals surface area contributed by atoms with Gasteiger partial charge in [0, 0.05) is 23.2 Å². The first-order valence-electron chi connectivity index (χ1n) is 6.92. The maximum absolute atomic E-state index is 13.7. The van der Waals surface area contributed by atoms with Crippen LogP contribution in [-0.4, -0.2) is 6.04 Å². The molecule has 1 nitrogen and oxygen atoms in total. The summed E-state index contributed by atoms with van der Waals surface area (Å²) in [6.07, 6.45) is 4.29. The average Bonchev–Trinajstić information content (AvgIpc) is 2.76. The highest BCUT2D eigenvalue weighted by molar-refractivity contribution is 6.31. The third-order valence-corrected chi connectivity index (χ3v) is 5.67. The van der Waals surface area contributed by atoms with E-state index in [1.54, 1.807) is 12.1 Å². The number of benzene rings is 1. The topological polar surface area (TPSA) is 12.0 Å². The van der Waals surface area contributed by atoms with E-state index in [-0.39, 0.29) is 5.82 Å². The molecule has 4 unspecified atom stereocenters. The molecule has 1 aromatic carbocycles. The summed E-state index contributed by atoms with van der Waals surface area (Å²) in [4.78, 5) is 0. The first-order valence-corrected chi connectivity index (χ1v) is 7.30. The van der Waals surface area contributed by atoms with Gasteiger partial charge in [0.2, 0.25) is 0 Å². The van der Waals surface area contributed by atoms with E-state index >= 15 is 0 Å². The lowest BCUT2D eigenvalue weighted by Crippen LogP contribution is -2.23. The SMILES string of the molecule is Fc1cccc(Cl)c1CNC1C2C3CCC(C3)C12. The van der Waals surface area contributed by atoms with Gasteiger partial charge in [0.05, 0.1) is 0 Å². The van der Waals surface area contributed by atoms with Crippen LogP contribution in [0.4, 0.5) is 4.39 Å². The lowest BCUT2D eigenvalue weighted by molar-refractivity contribution is 0.456. The van der Waals surface area contributed by atoms with Gasteiger partial charge >= 0.3 is 0 Å². The minimum Gasteiger partial charge on any atom is -0.309 e. The van der Waals surface area contributed by atoms with Crippen molar-refractivity contribution < 1.29 is 4.39 Å². The molecule has 3 fully saturated rings. The van der Waals surface area contributed by atoms with Crippen LogP contribution in [0.1, 0.15) is 24.8 Å². The number of fused-ring (bicyclic) bond motifs is 5. The van der Waals surface area contributed by atoms with Gasteiger partial charge in [0.1, 0.15) is 5.82 Å². The first-order chi connectivity index (χ1) is 8.75. The van der Waals surface area contributed by atoms with Crippen molar-refractivity contribution in [3.8, 4) is 0 Å². The lowest BCUT2D eigenvalue weighted by atomic mass is 10.0. The molecule has 96 valence electrons. The van der Waals surface area contributed by atoms with Crippen LogP contribution in [0.3, 0.4) is 0 Å². The molecule has 3 saturated carbocycles. The van der Waals surface area contributed by atoms with Crippen molar-refractivity contribution in [2.75, 3.05) is 0 Å². The van der Waals surface area contributed by atoms with E-state index in [0.29, 0.717) is 23.2 Å². The fraction of sp³-hybridized carbons (Fsp3) is 0.600. The number of nitrogens with one attached hydrogen (secondary N) is 1. The van der Waals surface area contributed by atoms with Gasteiger partial charge in [-0.2, -0.15) is 0 Å². The zero-order valence-electron chi connectivity index (χ0n) is 10.2. The molecule has 2 bridgehead atoms. The van der Waals surface area contributed by atoms with Crippen LogP contribution in [-0.2, 0) is 6.54 Å². The summed E-state index contributed by atoms with van der Waals surface area (Å²) in [5, 5.41) is 4.07. The van der Waals surface area contributed by atoms with E-state index < -0.39 is 0 Å². The zero-order valence-corrected chi connectivity index (χ0v) is 11.0. The molecule has 1 N–H and O–H groups in total. The molecule has 18 heavy (non-hydrogen) atoms. The van der Waals surface area contributed by atoms with Crippen molar-refractivity contribution in [2.24, 2.45) is 23.7 Å². The van der Waals surface area contributed by atoms with E-state index in [0.717, 1.165) is 23.7 Å². The summed E-state index contributed by atoms with van der Waals surface area (Å²) in [6, 6.07) is 5.54. The van der Waals surface area contributed by atoms with Crippen molar-refractivity contribution in [1.29, 1.82) is 0 Å². The fourth-order valence-electron chi connectivity index (χ4n) is 4.52. The van der Waals surface area contributed by atoms with Gasteiger partial charge in [-0.05, 0) is 55.1 Å². The molecular formula is C15H17ClFN. The van der Waals surface area contributed by atoms with Crippen molar-refractivity contribution in [3.63, 3.8) is 0 Å². The van der Waals surface area contributed by atoms with Crippen LogP contribution in [0.2, 0.25) is 5.02 Å². The van der Waals surface area contributed by atoms with E-state index in [2.05, 4.69) is 5.32 Å². The number of hydrogen-bond acceptors (Lipinski definition) is 1. The van der Waals surface area contributed by atoms with Crippen molar-refractivity contribution >= 4 is 11.6 Å². The Kier molecular flexibility index (Phi) is 2.46. The van der Waals surface area contributed by atoms with Crippen molar-refractivity contribution in [2.45, 2.75) is 31.8 Å². The Balaban J connectivity index is 1.43. The summed E-state index contributed by atoms with van der Waals surface area (Å²) in [7, 11) is 0. The second-order valence-corrected chi connectivity index (χ2v) is 6.50. The molecule has 0 radical (unpaired) electrons. The number of halogens is 2. The summed E-state index contributed by atoms with van der Waals surface area (Å²) in [6.45, 7) is 0.572. The highest BCUT2D eigenvalue weighted by Crippen LogP contribution is 2.65. The molecule has 0 aliphatic heterocycles.